The van der Waals surface area contributed by atoms with E-state index in [4.69, 9.17) is 21.1 Å². The summed E-state index contributed by atoms with van der Waals surface area (Å²) in [5.41, 5.74) is 0.534. The fourth-order valence-electron chi connectivity index (χ4n) is 2.04. The Kier molecular flexibility index (Phi) is 5.60. The predicted molar refractivity (Wildman–Crippen MR) is 85.1 cm³/mol. The number of carboxylic acids is 1. The number of carbonyl (C=O) groups excluding carboxylic acids is 1. The van der Waals surface area contributed by atoms with Crippen LogP contribution in [0.4, 0.5) is 0 Å². The third-order valence-electron chi connectivity index (χ3n) is 3.02. The van der Waals surface area contributed by atoms with Crippen molar-refractivity contribution in [2.45, 2.75) is 13.5 Å². The second-order valence-corrected chi connectivity index (χ2v) is 5.06. The van der Waals surface area contributed by atoms with Crippen molar-refractivity contribution in [2.75, 3.05) is 6.61 Å². The van der Waals surface area contributed by atoms with Crippen LogP contribution in [0.25, 0.3) is 0 Å². The number of halogens is 1. The number of aromatic carboxylic acids is 1. The van der Waals surface area contributed by atoms with Crippen molar-refractivity contribution in [3.63, 3.8) is 0 Å². The number of rotatable bonds is 6. The first-order valence-corrected chi connectivity index (χ1v) is 7.31. The molecule has 0 aromatic heterocycles. The van der Waals surface area contributed by atoms with Gasteiger partial charge in [-0.1, -0.05) is 29.8 Å². The SMILES string of the molecule is CCOC(=O)c1cccc(OCc2cccc(Cl)c2)c1C(=O)O. The highest BCUT2D eigenvalue weighted by Crippen LogP contribution is 2.25. The fourth-order valence-corrected chi connectivity index (χ4v) is 2.25. The first kappa shape index (κ1) is 16.8. The molecule has 2 rings (SSSR count). The molecule has 6 heteroatoms. The van der Waals surface area contributed by atoms with E-state index < -0.39 is 11.9 Å². The van der Waals surface area contributed by atoms with Gasteiger partial charge in [0.1, 0.15) is 17.9 Å². The van der Waals surface area contributed by atoms with E-state index in [0.717, 1.165) is 5.56 Å². The van der Waals surface area contributed by atoms with Gasteiger partial charge in [-0.15, -0.1) is 0 Å². The van der Waals surface area contributed by atoms with Gasteiger partial charge < -0.3 is 14.6 Å². The maximum atomic E-state index is 11.9. The zero-order valence-corrected chi connectivity index (χ0v) is 13.2. The molecule has 0 saturated heterocycles. The van der Waals surface area contributed by atoms with Gasteiger partial charge in [0.05, 0.1) is 12.2 Å². The minimum atomic E-state index is -1.25. The summed E-state index contributed by atoms with van der Waals surface area (Å²) in [6.45, 7) is 1.94. The molecule has 0 aliphatic heterocycles. The lowest BCUT2D eigenvalue weighted by atomic mass is 10.1. The summed E-state index contributed by atoms with van der Waals surface area (Å²) in [5, 5.41) is 9.96. The minimum Gasteiger partial charge on any atom is -0.488 e. The minimum absolute atomic E-state index is 0.0389. The number of hydrogen-bond donors (Lipinski definition) is 1. The zero-order valence-electron chi connectivity index (χ0n) is 12.4. The van der Waals surface area contributed by atoms with Crippen molar-refractivity contribution >= 4 is 23.5 Å². The Hall–Kier alpha value is -2.53. The standard InChI is InChI=1S/C17H15ClO5/c1-2-22-17(21)13-7-4-8-14(15(13)16(19)20)23-10-11-5-3-6-12(18)9-11/h3-9H,2,10H2,1H3,(H,19,20). The van der Waals surface area contributed by atoms with Crippen LogP contribution in [-0.2, 0) is 11.3 Å². The largest absolute Gasteiger partial charge is 0.488 e. The molecule has 23 heavy (non-hydrogen) atoms. The van der Waals surface area contributed by atoms with Crippen molar-refractivity contribution < 1.29 is 24.2 Å². The summed E-state index contributed by atoms with van der Waals surface area (Å²) in [6, 6.07) is 11.5. The van der Waals surface area contributed by atoms with E-state index in [0.29, 0.717) is 5.02 Å². The van der Waals surface area contributed by atoms with E-state index in [1.807, 2.05) is 6.07 Å². The van der Waals surface area contributed by atoms with E-state index >= 15 is 0 Å². The van der Waals surface area contributed by atoms with Gasteiger partial charge in [-0.3, -0.25) is 0 Å². The molecular formula is C17H15ClO5. The summed E-state index contributed by atoms with van der Waals surface area (Å²) in [6.07, 6.45) is 0. The number of esters is 1. The molecule has 0 aliphatic carbocycles. The van der Waals surface area contributed by atoms with Crippen molar-refractivity contribution in [3.05, 3.63) is 64.2 Å². The van der Waals surface area contributed by atoms with Gasteiger partial charge in [0.15, 0.2) is 0 Å². The molecule has 0 aliphatic rings. The van der Waals surface area contributed by atoms with Crippen LogP contribution < -0.4 is 4.74 Å². The lowest BCUT2D eigenvalue weighted by molar-refractivity contribution is 0.0513. The van der Waals surface area contributed by atoms with Crippen LogP contribution in [0.5, 0.6) is 5.75 Å². The Labute approximate surface area is 138 Å². The molecule has 1 N–H and O–H groups in total. The summed E-state index contributed by atoms with van der Waals surface area (Å²) in [7, 11) is 0. The molecule has 120 valence electrons. The van der Waals surface area contributed by atoms with E-state index in [9.17, 15) is 14.7 Å². The molecule has 5 nitrogen and oxygen atoms in total. The van der Waals surface area contributed by atoms with Crippen LogP contribution in [0, 0.1) is 0 Å². The molecule has 2 aromatic rings. The number of benzene rings is 2. The maximum Gasteiger partial charge on any atom is 0.340 e. The lowest BCUT2D eigenvalue weighted by Gasteiger charge is -2.12. The van der Waals surface area contributed by atoms with Crippen LogP contribution in [0.2, 0.25) is 5.02 Å². The van der Waals surface area contributed by atoms with Crippen molar-refractivity contribution in [3.8, 4) is 5.75 Å². The third kappa shape index (κ3) is 4.23. The van der Waals surface area contributed by atoms with Crippen LogP contribution >= 0.6 is 11.6 Å². The first-order chi connectivity index (χ1) is 11.0. The monoisotopic (exact) mass is 334 g/mol. The smallest absolute Gasteiger partial charge is 0.340 e. The quantitative estimate of drug-likeness (QED) is 0.813. The van der Waals surface area contributed by atoms with Crippen LogP contribution in [0.15, 0.2) is 42.5 Å². The van der Waals surface area contributed by atoms with Crippen molar-refractivity contribution in [1.29, 1.82) is 0 Å². The molecule has 0 saturated carbocycles. The summed E-state index contributed by atoms with van der Waals surface area (Å²) in [5.74, 6) is -1.85. The number of carbonyl (C=O) groups is 2. The average molecular weight is 335 g/mol. The molecule has 0 amide bonds. The summed E-state index contributed by atoms with van der Waals surface area (Å²) in [4.78, 5) is 23.4. The van der Waals surface area contributed by atoms with E-state index in [1.54, 1.807) is 31.2 Å². The summed E-state index contributed by atoms with van der Waals surface area (Å²) >= 11 is 5.90. The second kappa shape index (κ2) is 7.65. The molecule has 0 heterocycles. The van der Waals surface area contributed by atoms with E-state index in [-0.39, 0.29) is 30.1 Å². The first-order valence-electron chi connectivity index (χ1n) is 6.93. The van der Waals surface area contributed by atoms with Gasteiger partial charge in [0.2, 0.25) is 0 Å². The topological polar surface area (TPSA) is 72.8 Å². The maximum absolute atomic E-state index is 11.9. The van der Waals surface area contributed by atoms with E-state index in [2.05, 4.69) is 0 Å². The van der Waals surface area contributed by atoms with Crippen LogP contribution in [0.3, 0.4) is 0 Å². The molecule has 0 fully saturated rings. The van der Waals surface area contributed by atoms with Crippen molar-refractivity contribution in [2.24, 2.45) is 0 Å². The van der Waals surface area contributed by atoms with Gasteiger partial charge in [0.25, 0.3) is 0 Å². The Balaban J connectivity index is 2.29. The fraction of sp³-hybridized carbons (Fsp3) is 0.176. The van der Waals surface area contributed by atoms with Crippen LogP contribution in [-0.4, -0.2) is 23.7 Å². The lowest BCUT2D eigenvalue weighted by Crippen LogP contribution is -2.13. The van der Waals surface area contributed by atoms with Gasteiger partial charge in [-0.05, 0) is 36.8 Å². The summed E-state index contributed by atoms with van der Waals surface area (Å²) < 4.78 is 10.4. The van der Waals surface area contributed by atoms with Gasteiger partial charge in [-0.2, -0.15) is 0 Å². The second-order valence-electron chi connectivity index (χ2n) is 4.62. The highest BCUT2D eigenvalue weighted by Gasteiger charge is 2.22. The van der Waals surface area contributed by atoms with E-state index in [1.165, 1.54) is 12.1 Å². The number of carboxylic acid groups (broad SMARTS) is 1. The molecular weight excluding hydrogens is 320 g/mol. The molecule has 0 atom stereocenters. The number of hydrogen-bond acceptors (Lipinski definition) is 4. The Morgan fingerprint density at radius 2 is 1.91 bits per heavy atom. The van der Waals surface area contributed by atoms with Gasteiger partial charge in [0, 0.05) is 5.02 Å². The van der Waals surface area contributed by atoms with Gasteiger partial charge in [-0.25, -0.2) is 9.59 Å². The Bertz CT molecular complexity index is 727. The molecule has 0 radical (unpaired) electrons. The zero-order chi connectivity index (χ0) is 16.8. The third-order valence-corrected chi connectivity index (χ3v) is 3.25. The highest BCUT2D eigenvalue weighted by atomic mass is 35.5. The van der Waals surface area contributed by atoms with Crippen LogP contribution in [0.1, 0.15) is 33.2 Å². The van der Waals surface area contributed by atoms with Crippen molar-refractivity contribution in [1.82, 2.24) is 0 Å². The Morgan fingerprint density at radius 3 is 2.57 bits per heavy atom. The molecule has 0 spiro atoms. The molecule has 0 bridgehead atoms. The predicted octanol–water partition coefficient (Wildman–Crippen LogP) is 3.79. The molecule has 2 aromatic carbocycles. The normalized spacial score (nSPS) is 10.2. The number of ether oxygens (including phenoxy) is 2. The average Bonchev–Trinajstić information content (AvgIpc) is 2.52. The molecule has 0 unspecified atom stereocenters. The Morgan fingerprint density at radius 1 is 1.17 bits per heavy atom. The highest BCUT2D eigenvalue weighted by molar-refractivity contribution is 6.30. The van der Waals surface area contributed by atoms with Gasteiger partial charge >= 0.3 is 11.9 Å².